The van der Waals surface area contributed by atoms with Crippen molar-refractivity contribution in [2.75, 3.05) is 13.2 Å². The number of benzene rings is 5. The number of carboxylic acids is 1. The van der Waals surface area contributed by atoms with E-state index < -0.39 is 237 Å². The molecular weight excluding hydrogens is 1410 g/mol. The molecule has 11 bridgehead atoms. The normalized spacial score (nSPS) is 29.0. The van der Waals surface area contributed by atoms with E-state index in [1.165, 1.54) is 26.0 Å². The van der Waals surface area contributed by atoms with Gasteiger partial charge in [-0.2, -0.15) is 0 Å². The molecule has 33 nitrogen and oxygen atoms in total. The van der Waals surface area contributed by atoms with E-state index in [1.807, 2.05) is 27.7 Å². The Morgan fingerprint density at radius 1 is 0.692 bits per heavy atom. The van der Waals surface area contributed by atoms with Crippen molar-refractivity contribution in [1.29, 1.82) is 0 Å². The summed E-state index contributed by atoms with van der Waals surface area (Å²) in [6.07, 6.45) is -18.6. The second-order valence-electron chi connectivity index (χ2n) is 27.2. The zero-order chi connectivity index (χ0) is 75.8. The lowest BCUT2D eigenvalue weighted by Crippen LogP contribution is -2.64. The minimum atomic E-state index is -2.35. The number of aliphatic hydroxyl groups is 6. The first-order valence-corrected chi connectivity index (χ1v) is 33.8. The molecule has 0 aromatic heterocycles. The number of aliphatic hydroxyl groups excluding tert-OH is 6. The highest BCUT2D eigenvalue weighted by Gasteiger charge is 2.52. The quantitative estimate of drug-likeness (QED) is 0.0698. The predicted molar refractivity (Wildman–Crippen MR) is 363 cm³/mol. The van der Waals surface area contributed by atoms with Crippen LogP contribution in [0.15, 0.2) is 78.9 Å². The van der Waals surface area contributed by atoms with Crippen molar-refractivity contribution in [3.05, 3.63) is 117 Å². The van der Waals surface area contributed by atoms with Gasteiger partial charge in [-0.25, -0.2) is 4.79 Å². The molecule has 0 spiro atoms. The Kier molecular flexibility index (Phi) is 23.5. The number of carbonyl (C=O) groups excluding carboxylic acids is 7. The molecule has 560 valence electrons. The number of nitrogens with two attached hydrogens (primary N) is 2. The van der Waals surface area contributed by atoms with Gasteiger partial charge in [-0.15, -0.1) is 0 Å². The molecule has 2 saturated heterocycles. The number of hydrogen-bond acceptors (Lipinski definition) is 25. The molecule has 0 aliphatic carbocycles. The van der Waals surface area contributed by atoms with Crippen molar-refractivity contribution in [2.24, 2.45) is 23.3 Å². The molecule has 2 fully saturated rings. The van der Waals surface area contributed by atoms with Gasteiger partial charge in [0, 0.05) is 34.7 Å². The van der Waals surface area contributed by atoms with Crippen molar-refractivity contribution in [3.8, 4) is 57.1 Å². The van der Waals surface area contributed by atoms with E-state index in [2.05, 4.69) is 37.2 Å². The fraction of sp³-hybridized carbons (Fsp3) is 0.449. The molecule has 18 atom stereocenters. The summed E-state index contributed by atoms with van der Waals surface area (Å²) in [7, 11) is 0. The number of amides is 7. The lowest BCUT2D eigenvalue weighted by atomic mass is 9.86. The van der Waals surface area contributed by atoms with E-state index in [4.69, 9.17) is 63.1 Å². The summed E-state index contributed by atoms with van der Waals surface area (Å²) in [6, 6.07) is -0.624. The number of phenolic OH excluding ortho intramolecular Hbond substituents is 3. The van der Waals surface area contributed by atoms with Gasteiger partial charge in [-0.1, -0.05) is 69.1 Å². The van der Waals surface area contributed by atoms with Crippen LogP contribution in [-0.2, 0) is 52.6 Å². The number of aliphatic carboxylic acids is 1. The fourth-order valence-corrected chi connectivity index (χ4v) is 13.3. The van der Waals surface area contributed by atoms with Crippen molar-refractivity contribution in [2.45, 2.75) is 170 Å². The Bertz CT molecular complexity index is 4150. The number of carboxylic acid groups (broad SMARTS) is 1. The van der Waals surface area contributed by atoms with E-state index in [9.17, 15) is 70.2 Å². The topological polar surface area (TPSA) is 530 Å². The second kappa shape index (κ2) is 31.6. The number of halogens is 2. The molecule has 12 rings (SSSR count). The molecular formula is C69H81Cl2N9O24. The zero-order valence-electron chi connectivity index (χ0n) is 56.6. The maximum absolute atomic E-state index is 16.1. The van der Waals surface area contributed by atoms with E-state index in [0.29, 0.717) is 6.54 Å². The molecule has 21 N–H and O–H groups in total. The zero-order valence-corrected chi connectivity index (χ0v) is 58.1. The Balaban J connectivity index is 1.23. The van der Waals surface area contributed by atoms with Crippen LogP contribution in [0.25, 0.3) is 11.1 Å². The van der Waals surface area contributed by atoms with Crippen LogP contribution in [0.4, 0.5) is 0 Å². The molecule has 5 aromatic rings. The molecule has 7 amide bonds. The molecule has 5 aromatic carbocycles. The summed E-state index contributed by atoms with van der Waals surface area (Å²) >= 11 is 14.2. The van der Waals surface area contributed by atoms with Crippen LogP contribution in [0.1, 0.15) is 119 Å². The third kappa shape index (κ3) is 16.8. The minimum absolute atomic E-state index is 0.0288. The van der Waals surface area contributed by atoms with Gasteiger partial charge in [-0.3, -0.25) is 33.6 Å². The molecule has 7 aliphatic rings. The van der Waals surface area contributed by atoms with Gasteiger partial charge < -0.3 is 128 Å². The number of phenols is 3. The average Bonchev–Trinajstić information content (AvgIpc) is 0.767. The van der Waals surface area contributed by atoms with Crippen LogP contribution in [-0.4, -0.2) is 190 Å². The van der Waals surface area contributed by atoms with Crippen LogP contribution in [0, 0.1) is 11.8 Å². The van der Waals surface area contributed by atoms with Crippen LogP contribution in [0.2, 0.25) is 10.0 Å². The molecule has 104 heavy (non-hydrogen) atoms. The van der Waals surface area contributed by atoms with E-state index >= 15 is 19.2 Å². The highest BCUT2D eigenvalue weighted by molar-refractivity contribution is 6.32. The molecule has 0 unspecified atom stereocenters. The van der Waals surface area contributed by atoms with Gasteiger partial charge in [-0.05, 0) is 115 Å². The van der Waals surface area contributed by atoms with E-state index in [-0.39, 0.29) is 52.1 Å². The monoisotopic (exact) mass is 1490 g/mol. The SMILES string of the molecule is CC(C)CN[C@H](CC(C)C)C(=O)N[C@H]1C(=O)N[C@@H](CC(N)=O)C(=O)N[C@H]2C(=O)N[C@H]3C(=O)N[C@H](C(=O)N[C@H](C(=O)O)c4cc(O)cc(O)c4-c4cc3ccc4O)[C@H](O)c3ccc(c(Cl)c3)Oc3cc2cc(c3O[C@@H]2O[C@H](CO)[C@@H](O)[C@H](O)[C@H]2O[C@H]2C[C@](C)(N)[C@H](O)[C@H](C)O2)Oc2ccc(cc2Cl)[C@H]1O. The van der Waals surface area contributed by atoms with Gasteiger partial charge >= 0.3 is 5.97 Å². The van der Waals surface area contributed by atoms with Gasteiger partial charge in [0.25, 0.3) is 0 Å². The van der Waals surface area contributed by atoms with Crippen LogP contribution in [0.5, 0.6) is 46.0 Å². The number of fused-ring (bicyclic) bond motifs is 15. The number of nitrogens with one attached hydrogen (secondary N) is 7. The van der Waals surface area contributed by atoms with E-state index in [0.717, 1.165) is 66.7 Å². The maximum Gasteiger partial charge on any atom is 0.330 e. The number of ether oxygens (including phenoxy) is 6. The first-order chi connectivity index (χ1) is 49.0. The van der Waals surface area contributed by atoms with Crippen molar-refractivity contribution in [1.82, 2.24) is 37.2 Å². The minimum Gasteiger partial charge on any atom is -0.508 e. The van der Waals surface area contributed by atoms with Crippen molar-refractivity contribution < 1.29 is 118 Å². The van der Waals surface area contributed by atoms with Gasteiger partial charge in [0.1, 0.15) is 89.5 Å². The number of aromatic hydroxyl groups is 3. The number of carbonyl (C=O) groups is 8. The summed E-state index contributed by atoms with van der Waals surface area (Å²) in [5.41, 5.74) is 8.07. The van der Waals surface area contributed by atoms with E-state index in [1.54, 1.807) is 0 Å². The van der Waals surface area contributed by atoms with Gasteiger partial charge in [0.15, 0.2) is 29.9 Å². The lowest BCUT2D eigenvalue weighted by Gasteiger charge is -2.47. The van der Waals surface area contributed by atoms with Crippen LogP contribution in [0.3, 0.4) is 0 Å². The van der Waals surface area contributed by atoms with Crippen LogP contribution < -0.4 is 62.9 Å². The standard InChI is InChI=1S/C69H81Cl2N9O24/c1-25(2)13-37(74-23-26(3)4)61(91)79-52-54(86)29-8-11-41(35(70)15-29)100-43-17-31-18-44(58(43)104-68-59(57(89)56(88)45(24-81)102-68)103-47-22-69(6,73)60(90)27(5)99-47)101-42-12-9-30(16-36(42)71)55(87)53-66(96)78-51(67(97)98)34-19-32(82)20-40(84)48(34)33-14-28(7-10-39(33)83)49(63(93)80-53)77-64(94)50(31)76-62(92)38(21-46(72)85)75-65(52)95/h7-12,14-20,25-27,37-38,45,47,49-57,59-60,68,74,81-84,86-90H,13,21-24,73H2,1-6H3,(H2,72,85)(H,75,95)(H,76,92)(H,77,94)(H,78,96)(H,79,91)(H,80,93)(H,97,98)/t27-,37+,38-,45+,47-,49+,50+,51-,52+,53-,54+,55+,56+,57-,59+,60+,68-,69-/m0/s1. The largest absolute Gasteiger partial charge is 0.508 e. The van der Waals surface area contributed by atoms with Crippen molar-refractivity contribution >= 4 is 70.5 Å². The Morgan fingerprint density at radius 3 is 1.88 bits per heavy atom. The Hall–Kier alpha value is -9.20. The predicted octanol–water partition coefficient (Wildman–Crippen LogP) is 1.13. The second-order valence-corrected chi connectivity index (χ2v) is 28.0. The summed E-state index contributed by atoms with van der Waals surface area (Å²) in [4.78, 5) is 118. The number of primary amides is 1. The van der Waals surface area contributed by atoms with Gasteiger partial charge in [0.05, 0.1) is 41.3 Å². The summed E-state index contributed by atoms with van der Waals surface area (Å²) in [6.45, 7) is 9.83. The average molecular weight is 1490 g/mol. The first kappa shape index (κ1) is 77.4. The fourth-order valence-electron chi connectivity index (χ4n) is 12.8. The molecule has 0 saturated carbocycles. The van der Waals surface area contributed by atoms with Gasteiger partial charge in [0.2, 0.25) is 53.4 Å². The molecule has 0 radical (unpaired) electrons. The lowest BCUT2D eigenvalue weighted by molar-refractivity contribution is -0.333. The smallest absolute Gasteiger partial charge is 0.330 e. The van der Waals surface area contributed by atoms with Crippen molar-refractivity contribution in [3.63, 3.8) is 0 Å². The third-order valence-corrected chi connectivity index (χ3v) is 18.8. The molecule has 7 aliphatic heterocycles. The Labute approximate surface area is 603 Å². The molecule has 7 heterocycles. The highest BCUT2D eigenvalue weighted by atomic mass is 35.5. The first-order valence-electron chi connectivity index (χ1n) is 33.0. The maximum atomic E-state index is 16.1. The third-order valence-electron chi connectivity index (χ3n) is 18.2. The Morgan fingerprint density at radius 2 is 1.30 bits per heavy atom. The highest BCUT2D eigenvalue weighted by Crippen LogP contribution is 2.50. The number of rotatable bonds is 15. The summed E-state index contributed by atoms with van der Waals surface area (Å²) < 4.78 is 38.4. The van der Waals surface area contributed by atoms with Crippen LogP contribution >= 0.6 is 23.2 Å². The summed E-state index contributed by atoms with van der Waals surface area (Å²) in [5.74, 6) is -15.9. The number of hydrogen-bond donors (Lipinski definition) is 19. The summed E-state index contributed by atoms with van der Waals surface area (Å²) in [5, 5.41) is 131. The molecule has 35 heteroatoms.